The van der Waals surface area contributed by atoms with Crippen LogP contribution in [0.2, 0.25) is 0 Å². The zero-order valence-electron chi connectivity index (χ0n) is 6.97. The molecule has 0 aromatic heterocycles. The van der Waals surface area contributed by atoms with Crippen LogP contribution in [-0.2, 0) is 4.74 Å². The fourth-order valence-corrected chi connectivity index (χ4v) is 1.02. The Kier molecular flexibility index (Phi) is 6.56. The summed E-state index contributed by atoms with van der Waals surface area (Å²) in [5.41, 5.74) is 0. The van der Waals surface area contributed by atoms with E-state index in [1.54, 1.807) is 0 Å². The summed E-state index contributed by atoms with van der Waals surface area (Å²) in [6, 6.07) is 0. The topological polar surface area (TPSA) is 12.5 Å². The maximum Gasteiger partial charge on any atom is 1.00 e. The van der Waals surface area contributed by atoms with Crippen molar-refractivity contribution in [3.8, 4) is 0 Å². The van der Waals surface area contributed by atoms with Gasteiger partial charge in [-0.05, 0) is 13.1 Å². The SMILES string of the molecule is CC[CH-]N1CCOCC1.[Li+]. The van der Waals surface area contributed by atoms with Crippen molar-refractivity contribution < 1.29 is 23.6 Å². The van der Waals surface area contributed by atoms with Gasteiger partial charge in [0.1, 0.15) is 0 Å². The molecular weight excluding hydrogens is 121 g/mol. The molecule has 0 radical (unpaired) electrons. The van der Waals surface area contributed by atoms with Gasteiger partial charge >= 0.3 is 18.9 Å². The Bertz CT molecular complexity index is 71.3. The Morgan fingerprint density at radius 1 is 1.40 bits per heavy atom. The van der Waals surface area contributed by atoms with Crippen LogP contribution < -0.4 is 18.9 Å². The van der Waals surface area contributed by atoms with Gasteiger partial charge in [-0.25, -0.2) is 0 Å². The summed E-state index contributed by atoms with van der Waals surface area (Å²) in [6.45, 7) is 8.35. The van der Waals surface area contributed by atoms with Crippen LogP contribution in [0.3, 0.4) is 0 Å². The zero-order chi connectivity index (χ0) is 6.53. The van der Waals surface area contributed by atoms with Gasteiger partial charge in [0.15, 0.2) is 0 Å². The maximum absolute atomic E-state index is 5.18. The predicted octanol–water partition coefficient (Wildman–Crippen LogP) is -2.11. The van der Waals surface area contributed by atoms with E-state index < -0.39 is 0 Å². The van der Waals surface area contributed by atoms with Gasteiger partial charge in [0.25, 0.3) is 0 Å². The van der Waals surface area contributed by atoms with E-state index in [9.17, 15) is 0 Å². The van der Waals surface area contributed by atoms with E-state index in [4.69, 9.17) is 4.74 Å². The molecule has 1 heterocycles. The molecule has 3 heteroatoms. The molecule has 0 unspecified atom stereocenters. The first-order chi connectivity index (χ1) is 4.43. The van der Waals surface area contributed by atoms with E-state index in [0.29, 0.717) is 0 Å². The van der Waals surface area contributed by atoms with E-state index in [1.807, 2.05) is 0 Å². The molecule has 1 fully saturated rings. The molecule has 1 aliphatic heterocycles. The molecule has 0 saturated carbocycles. The van der Waals surface area contributed by atoms with Gasteiger partial charge in [0.05, 0.1) is 13.2 Å². The third-order valence-corrected chi connectivity index (χ3v) is 1.49. The van der Waals surface area contributed by atoms with E-state index >= 15 is 0 Å². The normalized spacial score (nSPS) is 20.1. The minimum Gasteiger partial charge on any atom is -0.453 e. The first kappa shape index (κ1) is 10.5. The van der Waals surface area contributed by atoms with Crippen molar-refractivity contribution >= 4 is 0 Å². The van der Waals surface area contributed by atoms with Crippen molar-refractivity contribution in [3.63, 3.8) is 0 Å². The smallest absolute Gasteiger partial charge is 0.453 e. The van der Waals surface area contributed by atoms with Crippen LogP contribution in [0.5, 0.6) is 0 Å². The molecule has 0 aromatic rings. The Morgan fingerprint density at radius 3 is 2.50 bits per heavy atom. The van der Waals surface area contributed by atoms with Crippen LogP contribution in [0.25, 0.3) is 0 Å². The van der Waals surface area contributed by atoms with Gasteiger partial charge in [-0.3, -0.25) is 6.54 Å². The Labute approximate surface area is 75.1 Å². The van der Waals surface area contributed by atoms with Crippen molar-refractivity contribution in [2.45, 2.75) is 13.3 Å². The van der Waals surface area contributed by atoms with Gasteiger partial charge in [-0.2, -0.15) is 6.42 Å². The second-order valence-corrected chi connectivity index (χ2v) is 2.24. The Balaban J connectivity index is 0.000000810. The van der Waals surface area contributed by atoms with Crippen molar-refractivity contribution in [1.29, 1.82) is 0 Å². The summed E-state index contributed by atoms with van der Waals surface area (Å²) in [4.78, 5) is 2.32. The van der Waals surface area contributed by atoms with Crippen LogP contribution in [0.15, 0.2) is 0 Å². The minimum atomic E-state index is 0. The van der Waals surface area contributed by atoms with E-state index in [0.717, 1.165) is 32.7 Å². The van der Waals surface area contributed by atoms with Crippen molar-refractivity contribution in [1.82, 2.24) is 4.90 Å². The standard InChI is InChI=1S/C7H14NO.Li/c1-2-3-8-4-6-9-7-5-8;/h3H,2,4-7H2,1H3;/q-1;+1. The van der Waals surface area contributed by atoms with Crippen LogP contribution in [0.1, 0.15) is 13.3 Å². The number of nitrogens with zero attached hydrogens (tertiary/aromatic N) is 1. The number of hydrogen-bond acceptors (Lipinski definition) is 2. The first-order valence-electron chi connectivity index (χ1n) is 3.58. The molecular formula is C7H14LiNO. The molecule has 0 N–H and O–H groups in total. The molecule has 0 aliphatic carbocycles. The second kappa shape index (κ2) is 6.24. The first-order valence-corrected chi connectivity index (χ1v) is 3.58. The molecule has 0 atom stereocenters. The average Bonchev–Trinajstić information content (AvgIpc) is 1.91. The molecule has 1 aliphatic rings. The summed E-state index contributed by atoms with van der Waals surface area (Å²) in [6.07, 6.45) is 1.14. The molecule has 10 heavy (non-hydrogen) atoms. The molecule has 1 rings (SSSR count). The van der Waals surface area contributed by atoms with Crippen LogP contribution in [0.4, 0.5) is 0 Å². The molecule has 0 spiro atoms. The van der Waals surface area contributed by atoms with Gasteiger partial charge in [-0.1, -0.05) is 6.92 Å². The van der Waals surface area contributed by atoms with E-state index in [2.05, 4.69) is 18.4 Å². The van der Waals surface area contributed by atoms with Gasteiger partial charge in [0.2, 0.25) is 0 Å². The minimum absolute atomic E-state index is 0. The fourth-order valence-electron chi connectivity index (χ4n) is 1.02. The van der Waals surface area contributed by atoms with Crippen LogP contribution >= 0.6 is 0 Å². The number of ether oxygens (including phenoxy) is 1. The summed E-state index contributed by atoms with van der Waals surface area (Å²) in [7, 11) is 0. The monoisotopic (exact) mass is 135 g/mol. The van der Waals surface area contributed by atoms with Crippen LogP contribution in [0, 0.1) is 6.54 Å². The van der Waals surface area contributed by atoms with Crippen molar-refractivity contribution in [2.24, 2.45) is 0 Å². The van der Waals surface area contributed by atoms with Gasteiger partial charge in [-0.15, -0.1) is 0 Å². The molecule has 54 valence electrons. The summed E-state index contributed by atoms with van der Waals surface area (Å²) < 4.78 is 5.18. The molecule has 0 aromatic carbocycles. The Hall–Kier alpha value is 0.517. The second-order valence-electron chi connectivity index (χ2n) is 2.24. The molecule has 0 bridgehead atoms. The van der Waals surface area contributed by atoms with Crippen LogP contribution in [-0.4, -0.2) is 31.2 Å². The summed E-state index contributed by atoms with van der Waals surface area (Å²) in [5, 5.41) is 0. The predicted molar refractivity (Wildman–Crippen MR) is 37.0 cm³/mol. The quantitative estimate of drug-likeness (QED) is 0.317. The summed E-state index contributed by atoms with van der Waals surface area (Å²) >= 11 is 0. The molecule has 2 nitrogen and oxygen atoms in total. The molecule has 1 saturated heterocycles. The third kappa shape index (κ3) is 3.63. The maximum atomic E-state index is 5.18. The number of rotatable bonds is 2. The largest absolute Gasteiger partial charge is 1.00 e. The fraction of sp³-hybridized carbons (Fsp3) is 0.857. The average molecular weight is 135 g/mol. The van der Waals surface area contributed by atoms with E-state index in [-0.39, 0.29) is 18.9 Å². The number of hydrogen-bond donors (Lipinski definition) is 0. The molecule has 0 amide bonds. The zero-order valence-corrected chi connectivity index (χ0v) is 6.97. The number of morpholine rings is 1. The summed E-state index contributed by atoms with van der Waals surface area (Å²) in [5.74, 6) is 0. The van der Waals surface area contributed by atoms with Crippen molar-refractivity contribution in [2.75, 3.05) is 26.3 Å². The van der Waals surface area contributed by atoms with Gasteiger partial charge < -0.3 is 9.64 Å². The third-order valence-electron chi connectivity index (χ3n) is 1.49. The van der Waals surface area contributed by atoms with E-state index in [1.165, 1.54) is 0 Å². The van der Waals surface area contributed by atoms with Gasteiger partial charge in [0, 0.05) is 0 Å². The Morgan fingerprint density at radius 2 is 2.00 bits per heavy atom. The van der Waals surface area contributed by atoms with Crippen molar-refractivity contribution in [3.05, 3.63) is 6.54 Å².